The van der Waals surface area contributed by atoms with Crippen LogP contribution in [-0.2, 0) is 4.74 Å². The Bertz CT molecular complexity index is 314. The fourth-order valence-electron chi connectivity index (χ4n) is 1.94. The maximum absolute atomic E-state index is 5.58. The highest BCUT2D eigenvalue weighted by atomic mass is 32.2. The first-order valence-corrected chi connectivity index (χ1v) is 7.11. The van der Waals surface area contributed by atoms with Crippen molar-refractivity contribution in [2.45, 2.75) is 36.0 Å². The molecule has 0 amide bonds. The van der Waals surface area contributed by atoms with Gasteiger partial charge in [0.1, 0.15) is 0 Å². The van der Waals surface area contributed by atoms with Crippen LogP contribution >= 0.6 is 11.8 Å². The minimum Gasteiger partial charge on any atom is -0.377 e. The summed E-state index contributed by atoms with van der Waals surface area (Å²) < 4.78 is 5.58. The lowest BCUT2D eigenvalue weighted by Gasteiger charge is -2.14. The zero-order chi connectivity index (χ0) is 11.9. The van der Waals surface area contributed by atoms with Crippen LogP contribution in [0.1, 0.15) is 19.8 Å². The number of ether oxygens (including phenoxy) is 1. The van der Waals surface area contributed by atoms with Crippen LogP contribution in [0.4, 0.5) is 0 Å². The van der Waals surface area contributed by atoms with Crippen molar-refractivity contribution in [3.8, 4) is 0 Å². The van der Waals surface area contributed by atoms with Crippen molar-refractivity contribution in [1.82, 2.24) is 10.3 Å². The summed E-state index contributed by atoms with van der Waals surface area (Å²) in [4.78, 5) is 5.31. The normalized spacial score (nSPS) is 21.6. The fraction of sp³-hybridized carbons (Fsp3) is 0.615. The predicted octanol–water partition coefficient (Wildman–Crippen LogP) is 2.33. The van der Waals surface area contributed by atoms with E-state index in [0.29, 0.717) is 11.4 Å². The first-order valence-electron chi connectivity index (χ1n) is 6.23. The van der Waals surface area contributed by atoms with Crippen LogP contribution < -0.4 is 5.32 Å². The molecule has 2 rings (SSSR count). The molecule has 0 saturated carbocycles. The molecule has 17 heavy (non-hydrogen) atoms. The molecule has 0 spiro atoms. The van der Waals surface area contributed by atoms with E-state index in [9.17, 15) is 0 Å². The third-order valence-electron chi connectivity index (χ3n) is 2.81. The topological polar surface area (TPSA) is 34.1 Å². The second kappa shape index (κ2) is 6.99. The van der Waals surface area contributed by atoms with Crippen LogP contribution in [0.5, 0.6) is 0 Å². The van der Waals surface area contributed by atoms with Crippen LogP contribution in [0.15, 0.2) is 29.4 Å². The lowest BCUT2D eigenvalue weighted by molar-refractivity contribution is 0.110. The van der Waals surface area contributed by atoms with Gasteiger partial charge in [-0.2, -0.15) is 0 Å². The molecular formula is C13H20N2OS. The summed E-state index contributed by atoms with van der Waals surface area (Å²) >= 11 is 1.88. The maximum atomic E-state index is 5.58. The van der Waals surface area contributed by atoms with Crippen LogP contribution in [0.25, 0.3) is 0 Å². The van der Waals surface area contributed by atoms with E-state index in [-0.39, 0.29) is 0 Å². The Morgan fingerprint density at radius 1 is 1.53 bits per heavy atom. The van der Waals surface area contributed by atoms with Crippen LogP contribution in [-0.4, -0.2) is 36.0 Å². The first kappa shape index (κ1) is 12.9. The van der Waals surface area contributed by atoms with Gasteiger partial charge in [0, 0.05) is 42.2 Å². The van der Waals surface area contributed by atoms with E-state index in [0.717, 1.165) is 19.7 Å². The number of nitrogens with zero attached hydrogens (tertiary/aromatic N) is 1. The quantitative estimate of drug-likeness (QED) is 0.788. The van der Waals surface area contributed by atoms with Crippen molar-refractivity contribution in [1.29, 1.82) is 0 Å². The van der Waals surface area contributed by atoms with Gasteiger partial charge in [-0.05, 0) is 25.0 Å². The average molecular weight is 252 g/mol. The molecule has 2 heterocycles. The monoisotopic (exact) mass is 252 g/mol. The lowest BCUT2D eigenvalue weighted by Crippen LogP contribution is -2.30. The Kier molecular flexibility index (Phi) is 5.29. The Labute approximate surface area is 107 Å². The first-order chi connectivity index (χ1) is 8.34. The molecule has 1 N–H and O–H groups in total. The average Bonchev–Trinajstić information content (AvgIpc) is 2.83. The van der Waals surface area contributed by atoms with Crippen molar-refractivity contribution in [3.63, 3.8) is 0 Å². The fourth-order valence-corrected chi connectivity index (χ4v) is 2.89. The number of aromatic nitrogens is 1. The second-order valence-electron chi connectivity index (χ2n) is 4.40. The van der Waals surface area contributed by atoms with E-state index >= 15 is 0 Å². The molecule has 0 aliphatic carbocycles. The van der Waals surface area contributed by atoms with Gasteiger partial charge in [-0.1, -0.05) is 6.92 Å². The van der Waals surface area contributed by atoms with Crippen molar-refractivity contribution in [2.24, 2.45) is 0 Å². The highest BCUT2D eigenvalue weighted by molar-refractivity contribution is 8.00. The molecule has 1 aromatic rings. The van der Waals surface area contributed by atoms with E-state index in [4.69, 9.17) is 4.74 Å². The SMILES string of the molecule is CC(CNCC1CCCO1)Sc1ccncc1. The molecule has 0 bridgehead atoms. The molecule has 1 aliphatic heterocycles. The Balaban J connectivity index is 1.62. The molecule has 2 atom stereocenters. The third-order valence-corrected chi connectivity index (χ3v) is 3.93. The van der Waals surface area contributed by atoms with E-state index in [1.54, 1.807) is 0 Å². The predicted molar refractivity (Wildman–Crippen MR) is 71.4 cm³/mol. The standard InChI is InChI=1S/C13H20N2OS/c1-11(17-13-4-6-14-7-5-13)9-15-10-12-3-2-8-16-12/h4-7,11-12,15H,2-3,8-10H2,1H3. The minimum atomic E-state index is 0.438. The van der Waals surface area contributed by atoms with E-state index in [2.05, 4.69) is 29.4 Å². The highest BCUT2D eigenvalue weighted by Crippen LogP contribution is 2.21. The zero-order valence-corrected chi connectivity index (χ0v) is 11.1. The summed E-state index contributed by atoms with van der Waals surface area (Å²) in [5.41, 5.74) is 0. The van der Waals surface area contributed by atoms with Crippen molar-refractivity contribution < 1.29 is 4.74 Å². The highest BCUT2D eigenvalue weighted by Gasteiger charge is 2.15. The Morgan fingerprint density at radius 3 is 3.06 bits per heavy atom. The molecule has 3 nitrogen and oxygen atoms in total. The number of rotatable bonds is 6. The molecule has 1 saturated heterocycles. The van der Waals surface area contributed by atoms with Crippen LogP contribution in [0.3, 0.4) is 0 Å². The van der Waals surface area contributed by atoms with Crippen molar-refractivity contribution >= 4 is 11.8 Å². The van der Waals surface area contributed by atoms with Gasteiger partial charge in [-0.15, -0.1) is 11.8 Å². The molecule has 1 aromatic heterocycles. The minimum absolute atomic E-state index is 0.438. The second-order valence-corrected chi connectivity index (χ2v) is 5.92. The zero-order valence-electron chi connectivity index (χ0n) is 10.3. The van der Waals surface area contributed by atoms with Gasteiger partial charge in [0.2, 0.25) is 0 Å². The number of hydrogen-bond acceptors (Lipinski definition) is 4. The maximum Gasteiger partial charge on any atom is 0.0700 e. The molecular weight excluding hydrogens is 232 g/mol. The van der Waals surface area contributed by atoms with Crippen LogP contribution in [0.2, 0.25) is 0 Å². The van der Waals surface area contributed by atoms with Gasteiger partial charge < -0.3 is 10.1 Å². The molecule has 2 unspecified atom stereocenters. The van der Waals surface area contributed by atoms with Gasteiger partial charge in [-0.3, -0.25) is 4.98 Å². The molecule has 0 radical (unpaired) electrons. The largest absolute Gasteiger partial charge is 0.377 e. The van der Waals surface area contributed by atoms with Gasteiger partial charge in [-0.25, -0.2) is 0 Å². The lowest BCUT2D eigenvalue weighted by atomic mass is 10.2. The van der Waals surface area contributed by atoms with E-state index < -0.39 is 0 Å². The van der Waals surface area contributed by atoms with Gasteiger partial charge in [0.25, 0.3) is 0 Å². The summed E-state index contributed by atoms with van der Waals surface area (Å²) in [6.07, 6.45) is 6.55. The Morgan fingerprint density at radius 2 is 2.35 bits per heavy atom. The van der Waals surface area contributed by atoms with Crippen molar-refractivity contribution in [2.75, 3.05) is 19.7 Å². The van der Waals surface area contributed by atoms with E-state index in [1.165, 1.54) is 17.7 Å². The summed E-state index contributed by atoms with van der Waals surface area (Å²) in [7, 11) is 0. The van der Waals surface area contributed by atoms with Gasteiger partial charge in [0.15, 0.2) is 0 Å². The third kappa shape index (κ3) is 4.66. The molecule has 1 fully saturated rings. The van der Waals surface area contributed by atoms with Crippen LogP contribution in [0, 0.1) is 0 Å². The van der Waals surface area contributed by atoms with Gasteiger partial charge >= 0.3 is 0 Å². The Hall–Kier alpha value is -0.580. The molecule has 1 aliphatic rings. The van der Waals surface area contributed by atoms with Gasteiger partial charge in [0.05, 0.1) is 6.10 Å². The van der Waals surface area contributed by atoms with E-state index in [1.807, 2.05) is 24.2 Å². The summed E-state index contributed by atoms with van der Waals surface area (Å²) in [5.74, 6) is 0. The summed E-state index contributed by atoms with van der Waals surface area (Å²) in [6, 6.07) is 4.11. The molecule has 4 heteroatoms. The number of nitrogens with one attached hydrogen (secondary N) is 1. The number of thioether (sulfide) groups is 1. The van der Waals surface area contributed by atoms with Crippen molar-refractivity contribution in [3.05, 3.63) is 24.5 Å². The number of pyridine rings is 1. The summed E-state index contributed by atoms with van der Waals surface area (Å²) in [6.45, 7) is 5.19. The molecule has 0 aromatic carbocycles. The number of hydrogen-bond donors (Lipinski definition) is 1. The smallest absolute Gasteiger partial charge is 0.0700 e. The summed E-state index contributed by atoms with van der Waals surface area (Å²) in [5, 5.41) is 4.05. The molecule has 94 valence electrons.